The maximum atomic E-state index is 12.9. The third kappa shape index (κ3) is 5.34. The number of benzene rings is 2. The Morgan fingerprint density at radius 1 is 0.969 bits per heavy atom. The second-order valence-electron chi connectivity index (χ2n) is 7.00. The van der Waals surface area contributed by atoms with Gasteiger partial charge in [0.1, 0.15) is 12.3 Å². The van der Waals surface area contributed by atoms with E-state index in [0.717, 1.165) is 17.0 Å². The molecule has 3 aromatic rings. The number of nitrogens with one attached hydrogen (secondary N) is 1. The zero-order valence-corrected chi connectivity index (χ0v) is 17.8. The normalized spacial score (nSPS) is 10.4. The molecule has 1 heterocycles. The molecule has 0 bridgehead atoms. The number of carboxylic acids is 1. The maximum absolute atomic E-state index is 12.9. The first kappa shape index (κ1) is 22.6. The first-order valence-electron chi connectivity index (χ1n) is 9.94. The number of anilines is 1. The molecule has 3 rings (SSSR count). The predicted molar refractivity (Wildman–Crippen MR) is 119 cm³/mol. The molecule has 0 aliphatic heterocycles. The van der Waals surface area contributed by atoms with E-state index in [1.165, 1.54) is 7.11 Å². The van der Waals surface area contributed by atoms with Crippen molar-refractivity contribution in [3.05, 3.63) is 71.9 Å². The zero-order chi connectivity index (χ0) is 23.1. The Labute approximate surface area is 185 Å². The van der Waals surface area contributed by atoms with E-state index in [0.29, 0.717) is 11.4 Å². The molecule has 2 aromatic carbocycles. The average molecular weight is 436 g/mol. The molecule has 8 nitrogen and oxygen atoms in total. The summed E-state index contributed by atoms with van der Waals surface area (Å²) in [6, 6.07) is 17.6. The molecule has 166 valence electrons. The highest BCUT2D eigenvalue weighted by Crippen LogP contribution is 2.26. The Balaban J connectivity index is 1.89. The Morgan fingerprint density at radius 2 is 1.69 bits per heavy atom. The number of rotatable bonds is 9. The third-order valence-electron chi connectivity index (χ3n) is 4.96. The number of ether oxygens (including phenoxy) is 2. The van der Waals surface area contributed by atoms with Gasteiger partial charge in [0.05, 0.1) is 31.9 Å². The van der Waals surface area contributed by atoms with E-state index in [9.17, 15) is 14.4 Å². The Bertz CT molecular complexity index is 1120. The highest BCUT2D eigenvalue weighted by molar-refractivity contribution is 6.01. The van der Waals surface area contributed by atoms with Gasteiger partial charge in [-0.2, -0.15) is 0 Å². The van der Waals surface area contributed by atoms with Gasteiger partial charge in [-0.3, -0.25) is 9.59 Å². The average Bonchev–Trinajstić information content (AvgIpc) is 3.19. The van der Waals surface area contributed by atoms with E-state index in [1.54, 1.807) is 35.9 Å². The fourth-order valence-electron chi connectivity index (χ4n) is 3.38. The van der Waals surface area contributed by atoms with Crippen LogP contribution < -0.4 is 10.1 Å². The number of nitrogens with zero attached hydrogens (tertiary/aromatic N) is 1. The van der Waals surface area contributed by atoms with Gasteiger partial charge < -0.3 is 24.5 Å². The van der Waals surface area contributed by atoms with Crippen LogP contribution in [0.25, 0.3) is 11.3 Å². The molecule has 0 spiro atoms. The van der Waals surface area contributed by atoms with Crippen molar-refractivity contribution in [2.24, 2.45) is 0 Å². The standard InChI is InChI=1S/C24H24N2O6/c1-31-18-11-7-16(8-12-18)21-13-9-17(10-14-23(28)29)26(21)15-22(27)25-20-6-4-3-5-19(20)24(30)32-2/h3-9,11-13H,10,14-15H2,1-2H3,(H,25,27)(H,28,29). The van der Waals surface area contributed by atoms with Gasteiger partial charge in [-0.25, -0.2) is 4.79 Å². The van der Waals surface area contributed by atoms with E-state index >= 15 is 0 Å². The van der Waals surface area contributed by atoms with Crippen LogP contribution in [0.15, 0.2) is 60.7 Å². The van der Waals surface area contributed by atoms with Crippen LogP contribution in [-0.2, 0) is 27.3 Å². The molecular formula is C24H24N2O6. The van der Waals surface area contributed by atoms with Gasteiger partial charge in [0, 0.05) is 11.4 Å². The summed E-state index contributed by atoms with van der Waals surface area (Å²) in [5, 5.41) is 11.8. The minimum atomic E-state index is -0.916. The molecule has 0 fully saturated rings. The molecule has 8 heteroatoms. The SMILES string of the molecule is COC(=O)c1ccccc1NC(=O)Cn1c(CCC(=O)O)ccc1-c1ccc(OC)cc1. The van der Waals surface area contributed by atoms with Crippen molar-refractivity contribution >= 4 is 23.5 Å². The number of carbonyl (C=O) groups is 3. The lowest BCUT2D eigenvalue weighted by molar-refractivity contribution is -0.137. The smallest absolute Gasteiger partial charge is 0.339 e. The number of aromatic nitrogens is 1. The van der Waals surface area contributed by atoms with Gasteiger partial charge in [-0.05, 0) is 60.5 Å². The molecule has 1 aromatic heterocycles. The molecule has 0 radical (unpaired) electrons. The van der Waals surface area contributed by atoms with E-state index < -0.39 is 11.9 Å². The van der Waals surface area contributed by atoms with Crippen LogP contribution in [0.2, 0.25) is 0 Å². The second-order valence-corrected chi connectivity index (χ2v) is 7.00. The number of methoxy groups -OCH3 is 2. The summed E-state index contributed by atoms with van der Waals surface area (Å²) in [5.74, 6) is -1.12. The monoisotopic (exact) mass is 436 g/mol. The van der Waals surface area contributed by atoms with Crippen molar-refractivity contribution in [1.29, 1.82) is 0 Å². The van der Waals surface area contributed by atoms with Crippen molar-refractivity contribution < 1.29 is 29.0 Å². The molecule has 32 heavy (non-hydrogen) atoms. The molecule has 0 aliphatic carbocycles. The molecular weight excluding hydrogens is 412 g/mol. The zero-order valence-electron chi connectivity index (χ0n) is 17.8. The lowest BCUT2D eigenvalue weighted by Crippen LogP contribution is -2.22. The molecule has 0 atom stereocenters. The highest BCUT2D eigenvalue weighted by Gasteiger charge is 2.17. The van der Waals surface area contributed by atoms with Crippen LogP contribution in [0.5, 0.6) is 5.75 Å². The number of hydrogen-bond donors (Lipinski definition) is 2. The quantitative estimate of drug-likeness (QED) is 0.497. The summed E-state index contributed by atoms with van der Waals surface area (Å²) in [6.07, 6.45) is 0.219. The minimum absolute atomic E-state index is 0.0567. The molecule has 0 unspecified atom stereocenters. The van der Waals surface area contributed by atoms with Crippen LogP contribution >= 0.6 is 0 Å². The van der Waals surface area contributed by atoms with Gasteiger partial charge in [0.2, 0.25) is 5.91 Å². The van der Waals surface area contributed by atoms with E-state index in [-0.39, 0.29) is 30.9 Å². The Hall–Kier alpha value is -4.07. The largest absolute Gasteiger partial charge is 0.497 e. The topological polar surface area (TPSA) is 107 Å². The highest BCUT2D eigenvalue weighted by atomic mass is 16.5. The van der Waals surface area contributed by atoms with E-state index in [4.69, 9.17) is 14.6 Å². The van der Waals surface area contributed by atoms with Crippen molar-refractivity contribution in [2.45, 2.75) is 19.4 Å². The van der Waals surface area contributed by atoms with Crippen LogP contribution in [-0.4, -0.2) is 41.7 Å². The predicted octanol–water partition coefficient (Wildman–Crippen LogP) is 3.61. The molecule has 0 aliphatic rings. The van der Waals surface area contributed by atoms with Gasteiger partial charge >= 0.3 is 11.9 Å². The molecule has 0 saturated heterocycles. The fourth-order valence-corrected chi connectivity index (χ4v) is 3.38. The number of carboxylic acid groups (broad SMARTS) is 1. The van der Waals surface area contributed by atoms with Crippen LogP contribution in [0.3, 0.4) is 0 Å². The first-order valence-corrected chi connectivity index (χ1v) is 9.94. The van der Waals surface area contributed by atoms with Gasteiger partial charge in [-0.15, -0.1) is 0 Å². The van der Waals surface area contributed by atoms with Crippen molar-refractivity contribution in [3.63, 3.8) is 0 Å². The fraction of sp³-hybridized carbons (Fsp3) is 0.208. The van der Waals surface area contributed by atoms with Crippen molar-refractivity contribution in [1.82, 2.24) is 4.57 Å². The summed E-state index contributed by atoms with van der Waals surface area (Å²) >= 11 is 0. The number of aryl methyl sites for hydroxylation is 1. The minimum Gasteiger partial charge on any atom is -0.497 e. The summed E-state index contributed by atoms with van der Waals surface area (Å²) in [7, 11) is 2.86. The van der Waals surface area contributed by atoms with Crippen molar-refractivity contribution in [3.8, 4) is 17.0 Å². The van der Waals surface area contributed by atoms with Crippen LogP contribution in [0.1, 0.15) is 22.5 Å². The Kier molecular flexibility index (Phi) is 7.28. The first-order chi connectivity index (χ1) is 15.4. The molecule has 2 N–H and O–H groups in total. The molecule has 0 saturated carbocycles. The lowest BCUT2D eigenvalue weighted by Gasteiger charge is -2.15. The van der Waals surface area contributed by atoms with Crippen LogP contribution in [0.4, 0.5) is 5.69 Å². The van der Waals surface area contributed by atoms with E-state index in [2.05, 4.69) is 5.32 Å². The van der Waals surface area contributed by atoms with Gasteiger partial charge in [0.25, 0.3) is 0 Å². The number of esters is 1. The summed E-state index contributed by atoms with van der Waals surface area (Å²) in [4.78, 5) is 36.0. The number of aliphatic carboxylic acids is 1. The summed E-state index contributed by atoms with van der Waals surface area (Å²) in [6.45, 7) is -0.0567. The van der Waals surface area contributed by atoms with Gasteiger partial charge in [-0.1, -0.05) is 12.1 Å². The second kappa shape index (κ2) is 10.3. The molecule has 1 amide bonds. The van der Waals surface area contributed by atoms with E-state index in [1.807, 2.05) is 36.4 Å². The Morgan fingerprint density at radius 3 is 2.34 bits per heavy atom. The number of amides is 1. The third-order valence-corrected chi connectivity index (χ3v) is 4.96. The summed E-state index contributed by atoms with van der Waals surface area (Å²) in [5.41, 5.74) is 2.93. The maximum Gasteiger partial charge on any atom is 0.339 e. The summed E-state index contributed by atoms with van der Waals surface area (Å²) < 4.78 is 11.8. The lowest BCUT2D eigenvalue weighted by atomic mass is 10.1. The number of hydrogen-bond acceptors (Lipinski definition) is 5. The van der Waals surface area contributed by atoms with Gasteiger partial charge in [0.15, 0.2) is 0 Å². The van der Waals surface area contributed by atoms with Crippen LogP contribution in [0, 0.1) is 0 Å². The number of carbonyl (C=O) groups excluding carboxylic acids is 2. The van der Waals surface area contributed by atoms with Crippen molar-refractivity contribution in [2.75, 3.05) is 19.5 Å². The number of para-hydroxylation sites is 1.